The number of halogens is 1. The zero-order valence-corrected chi connectivity index (χ0v) is 23.2. The molecule has 0 bridgehead atoms. The predicted octanol–water partition coefficient (Wildman–Crippen LogP) is 4.62. The largest absolute Gasteiger partial charge is 0.493 e. The summed E-state index contributed by atoms with van der Waals surface area (Å²) in [7, 11) is 4.32. The fourth-order valence-electron chi connectivity index (χ4n) is 3.96. The summed E-state index contributed by atoms with van der Waals surface area (Å²) in [6.45, 7) is -0.364. The molecule has 4 aromatic rings. The van der Waals surface area contributed by atoms with E-state index in [4.69, 9.17) is 30.5 Å². The number of rotatable bonds is 10. The first-order valence-electron chi connectivity index (χ1n) is 12.2. The summed E-state index contributed by atoms with van der Waals surface area (Å²) in [4.78, 5) is 37.9. The van der Waals surface area contributed by atoms with Crippen molar-refractivity contribution in [3.63, 3.8) is 0 Å². The molecule has 0 radical (unpaired) electrons. The van der Waals surface area contributed by atoms with E-state index in [1.54, 1.807) is 36.4 Å². The number of carbonyl (C=O) groups excluding carboxylic acids is 3. The van der Waals surface area contributed by atoms with E-state index in [1.807, 2.05) is 24.3 Å². The van der Waals surface area contributed by atoms with Gasteiger partial charge in [-0.2, -0.15) is 5.10 Å². The molecule has 0 aromatic heterocycles. The normalized spacial score (nSPS) is 10.7. The number of ether oxygens (including phenoxy) is 4. The van der Waals surface area contributed by atoms with E-state index >= 15 is 0 Å². The number of nitrogens with zero attached hydrogens (tertiary/aromatic N) is 1. The number of esters is 1. The number of nitrogens with one attached hydrogen (secondary N) is 2. The number of benzene rings is 4. The maximum atomic E-state index is 12.8. The third-order valence-corrected chi connectivity index (χ3v) is 6.28. The van der Waals surface area contributed by atoms with Crippen LogP contribution in [0, 0.1) is 0 Å². The highest BCUT2D eigenvalue weighted by molar-refractivity contribution is 6.33. The lowest BCUT2D eigenvalue weighted by Gasteiger charge is -2.14. The van der Waals surface area contributed by atoms with Crippen LogP contribution < -0.4 is 29.7 Å². The van der Waals surface area contributed by atoms with Crippen molar-refractivity contribution in [3.05, 3.63) is 94.5 Å². The first-order chi connectivity index (χ1) is 19.9. The second kappa shape index (κ2) is 13.3. The Morgan fingerprint density at radius 2 is 1.54 bits per heavy atom. The Morgan fingerprint density at radius 3 is 2.22 bits per heavy atom. The summed E-state index contributed by atoms with van der Waals surface area (Å²) in [5.74, 6) is -0.604. The summed E-state index contributed by atoms with van der Waals surface area (Å²) >= 11 is 6.15. The molecule has 0 saturated carbocycles. The quantitative estimate of drug-likeness (QED) is 0.122. The molecule has 2 N–H and O–H groups in total. The van der Waals surface area contributed by atoms with E-state index < -0.39 is 17.8 Å². The van der Waals surface area contributed by atoms with Gasteiger partial charge in [-0.05, 0) is 41.1 Å². The fraction of sp³-hybridized carbons (Fsp3) is 0.133. The molecule has 4 aromatic carbocycles. The lowest BCUT2D eigenvalue weighted by Crippen LogP contribution is -2.35. The number of carbonyl (C=O) groups is 3. The smallest absolute Gasteiger partial charge is 0.345 e. The maximum absolute atomic E-state index is 12.8. The molecule has 11 heteroatoms. The van der Waals surface area contributed by atoms with Crippen molar-refractivity contribution in [2.24, 2.45) is 5.10 Å². The molecule has 0 unspecified atom stereocenters. The standard InChI is InChI=1S/C30H26ClN3O7/c1-38-25-14-19(15-26(39-2)28(25)40-3)29(36)32-17-27(35)34-33-16-22-20-9-5-4-8-18(20)12-13-24(22)41-30(37)21-10-6-7-11-23(21)31/h4-16H,17H2,1-3H3,(H,32,36)(H,34,35). The number of fused-ring (bicyclic) bond motifs is 1. The van der Waals surface area contributed by atoms with Gasteiger partial charge in [-0.15, -0.1) is 0 Å². The molecule has 0 aliphatic rings. The van der Waals surface area contributed by atoms with E-state index in [9.17, 15) is 14.4 Å². The van der Waals surface area contributed by atoms with Crippen LogP contribution in [0.1, 0.15) is 26.3 Å². The molecule has 0 saturated heterocycles. The first-order valence-corrected chi connectivity index (χ1v) is 12.6. The highest BCUT2D eigenvalue weighted by Crippen LogP contribution is 2.38. The zero-order chi connectivity index (χ0) is 29.4. The topological polar surface area (TPSA) is 125 Å². The molecule has 4 rings (SSSR count). The van der Waals surface area contributed by atoms with Gasteiger partial charge in [0.15, 0.2) is 11.5 Å². The van der Waals surface area contributed by atoms with E-state index in [-0.39, 0.29) is 28.4 Å². The van der Waals surface area contributed by atoms with Gasteiger partial charge in [-0.3, -0.25) is 9.59 Å². The average Bonchev–Trinajstić information content (AvgIpc) is 2.99. The minimum absolute atomic E-state index is 0.205. The van der Waals surface area contributed by atoms with Gasteiger partial charge >= 0.3 is 5.97 Å². The number of amides is 2. The van der Waals surface area contributed by atoms with Crippen LogP contribution in [0.4, 0.5) is 0 Å². The number of hydrogen-bond acceptors (Lipinski definition) is 8. The predicted molar refractivity (Wildman–Crippen MR) is 155 cm³/mol. The summed E-state index contributed by atoms with van der Waals surface area (Å²) in [6.07, 6.45) is 1.37. The van der Waals surface area contributed by atoms with Crippen molar-refractivity contribution in [2.45, 2.75) is 0 Å². The second-order valence-corrected chi connectivity index (χ2v) is 8.86. The van der Waals surface area contributed by atoms with Gasteiger partial charge in [0, 0.05) is 11.1 Å². The fourth-order valence-corrected chi connectivity index (χ4v) is 4.18. The van der Waals surface area contributed by atoms with E-state index in [0.717, 1.165) is 10.8 Å². The van der Waals surface area contributed by atoms with Crippen LogP contribution in [0.15, 0.2) is 77.9 Å². The molecule has 10 nitrogen and oxygen atoms in total. The Labute approximate surface area is 240 Å². The summed E-state index contributed by atoms with van der Waals surface area (Å²) < 4.78 is 21.4. The Kier molecular flexibility index (Phi) is 9.39. The van der Waals surface area contributed by atoms with Gasteiger partial charge in [0.1, 0.15) is 5.75 Å². The molecule has 2 amide bonds. The third kappa shape index (κ3) is 6.74. The van der Waals surface area contributed by atoms with Gasteiger partial charge in [0.25, 0.3) is 11.8 Å². The van der Waals surface area contributed by atoms with Gasteiger partial charge in [0.05, 0.1) is 44.7 Å². The van der Waals surface area contributed by atoms with Crippen LogP contribution in [0.3, 0.4) is 0 Å². The summed E-state index contributed by atoms with van der Waals surface area (Å²) in [5.41, 5.74) is 3.25. The summed E-state index contributed by atoms with van der Waals surface area (Å²) in [5, 5.41) is 8.42. The molecular weight excluding hydrogens is 550 g/mol. The first kappa shape index (κ1) is 28.9. The molecular formula is C30H26ClN3O7. The number of hydrogen-bond donors (Lipinski definition) is 2. The monoisotopic (exact) mass is 575 g/mol. The zero-order valence-electron chi connectivity index (χ0n) is 22.4. The minimum atomic E-state index is -0.640. The SMILES string of the molecule is COc1cc(C(=O)NCC(=O)NN=Cc2c(OC(=O)c3ccccc3Cl)ccc3ccccc23)cc(OC)c1OC. The van der Waals surface area contributed by atoms with Crippen molar-refractivity contribution >= 4 is 46.4 Å². The van der Waals surface area contributed by atoms with Crippen molar-refractivity contribution in [3.8, 4) is 23.0 Å². The molecule has 0 aliphatic carbocycles. The van der Waals surface area contributed by atoms with Crippen molar-refractivity contribution in [1.29, 1.82) is 0 Å². The molecule has 210 valence electrons. The molecule has 41 heavy (non-hydrogen) atoms. The van der Waals surface area contributed by atoms with Crippen LogP contribution in [0.25, 0.3) is 10.8 Å². The molecule has 0 spiro atoms. The molecule has 0 atom stereocenters. The van der Waals surface area contributed by atoms with Crippen molar-refractivity contribution in [1.82, 2.24) is 10.7 Å². The summed E-state index contributed by atoms with van der Waals surface area (Å²) in [6, 6.07) is 20.4. The van der Waals surface area contributed by atoms with Crippen LogP contribution >= 0.6 is 11.6 Å². The van der Waals surface area contributed by atoms with E-state index in [1.165, 1.54) is 39.7 Å². The lowest BCUT2D eigenvalue weighted by molar-refractivity contribution is -0.120. The van der Waals surface area contributed by atoms with E-state index in [0.29, 0.717) is 22.8 Å². The van der Waals surface area contributed by atoms with Gasteiger partial charge < -0.3 is 24.3 Å². The highest BCUT2D eigenvalue weighted by atomic mass is 35.5. The second-order valence-electron chi connectivity index (χ2n) is 8.46. The van der Waals surface area contributed by atoms with Gasteiger partial charge in [-0.25, -0.2) is 10.2 Å². The number of methoxy groups -OCH3 is 3. The Bertz CT molecular complexity index is 1610. The van der Waals surface area contributed by atoms with Gasteiger partial charge in [0.2, 0.25) is 5.75 Å². The molecule has 0 heterocycles. The van der Waals surface area contributed by atoms with Crippen molar-refractivity contribution < 1.29 is 33.3 Å². The highest BCUT2D eigenvalue weighted by Gasteiger charge is 2.18. The lowest BCUT2D eigenvalue weighted by atomic mass is 10.0. The van der Waals surface area contributed by atoms with Crippen LogP contribution in [0.2, 0.25) is 5.02 Å². The Hall–Kier alpha value is -5.09. The average molecular weight is 576 g/mol. The van der Waals surface area contributed by atoms with Crippen LogP contribution in [-0.4, -0.2) is 51.9 Å². The molecule has 0 fully saturated rings. The Balaban J connectivity index is 1.47. The third-order valence-electron chi connectivity index (χ3n) is 5.95. The van der Waals surface area contributed by atoms with E-state index in [2.05, 4.69) is 15.8 Å². The van der Waals surface area contributed by atoms with Crippen molar-refractivity contribution in [2.75, 3.05) is 27.9 Å². The number of hydrazone groups is 1. The minimum Gasteiger partial charge on any atom is -0.493 e. The maximum Gasteiger partial charge on any atom is 0.345 e. The van der Waals surface area contributed by atoms with Crippen LogP contribution in [0.5, 0.6) is 23.0 Å². The molecule has 0 aliphatic heterocycles. The van der Waals surface area contributed by atoms with Gasteiger partial charge in [-0.1, -0.05) is 54.1 Å². The Morgan fingerprint density at radius 1 is 0.854 bits per heavy atom. The van der Waals surface area contributed by atoms with Crippen LogP contribution in [-0.2, 0) is 4.79 Å².